The topological polar surface area (TPSA) is 103 Å². The van der Waals surface area contributed by atoms with Crippen LogP contribution in [0.4, 0.5) is 5.69 Å². The molecular formula is C22H21N3O5S. The summed E-state index contributed by atoms with van der Waals surface area (Å²) < 4.78 is 40.4. The summed E-state index contributed by atoms with van der Waals surface area (Å²) in [6.07, 6.45) is 0. The van der Waals surface area contributed by atoms with Gasteiger partial charge in [0.1, 0.15) is 18.1 Å². The highest BCUT2D eigenvalue weighted by molar-refractivity contribution is 7.92. The largest absolute Gasteiger partial charge is 0.485 e. The van der Waals surface area contributed by atoms with Crippen molar-refractivity contribution < 1.29 is 17.7 Å². The van der Waals surface area contributed by atoms with Crippen molar-refractivity contribution in [2.45, 2.75) is 32.3 Å². The minimum absolute atomic E-state index is 0.0156. The van der Waals surface area contributed by atoms with Gasteiger partial charge in [0, 0.05) is 12.1 Å². The third-order valence-electron chi connectivity index (χ3n) is 4.61. The molecule has 0 amide bonds. The van der Waals surface area contributed by atoms with Gasteiger partial charge in [0.2, 0.25) is 0 Å². The van der Waals surface area contributed by atoms with Crippen LogP contribution in [0.25, 0.3) is 5.65 Å². The van der Waals surface area contributed by atoms with E-state index in [9.17, 15) is 13.2 Å². The molecular weight excluding hydrogens is 418 g/mol. The average Bonchev–Trinajstić information content (AvgIpc) is 3.08. The Morgan fingerprint density at radius 2 is 1.71 bits per heavy atom. The first-order valence-electron chi connectivity index (χ1n) is 9.54. The monoisotopic (exact) mass is 439 g/mol. The van der Waals surface area contributed by atoms with Crippen LogP contribution in [0.15, 0.2) is 68.8 Å². The van der Waals surface area contributed by atoms with E-state index in [0.717, 1.165) is 15.7 Å². The van der Waals surface area contributed by atoms with Crippen LogP contribution in [0.1, 0.15) is 22.6 Å². The summed E-state index contributed by atoms with van der Waals surface area (Å²) in [5.41, 5.74) is 2.55. The first kappa shape index (κ1) is 20.7. The highest BCUT2D eigenvalue weighted by Gasteiger charge is 2.17. The number of nitrogens with zero attached hydrogens (tertiary/aromatic N) is 2. The van der Waals surface area contributed by atoms with Crippen molar-refractivity contribution in [1.82, 2.24) is 9.56 Å². The number of hydrogen-bond acceptors (Lipinski definition) is 6. The van der Waals surface area contributed by atoms with Crippen molar-refractivity contribution >= 4 is 21.4 Å². The summed E-state index contributed by atoms with van der Waals surface area (Å²) in [5, 5.41) is 0. The Balaban J connectivity index is 1.60. The van der Waals surface area contributed by atoms with Crippen LogP contribution in [0.2, 0.25) is 0 Å². The van der Waals surface area contributed by atoms with Gasteiger partial charge in [-0.15, -0.1) is 4.57 Å². The molecule has 9 heteroatoms. The van der Waals surface area contributed by atoms with E-state index in [2.05, 4.69) is 9.71 Å². The normalized spacial score (nSPS) is 11.6. The molecule has 0 fully saturated rings. The highest BCUT2D eigenvalue weighted by atomic mass is 32.2. The summed E-state index contributed by atoms with van der Waals surface area (Å²) in [7, 11) is -3.80. The van der Waals surface area contributed by atoms with Crippen LogP contribution in [-0.4, -0.2) is 18.0 Å². The zero-order chi connectivity index (χ0) is 22.2. The van der Waals surface area contributed by atoms with Crippen LogP contribution in [0.5, 0.6) is 5.75 Å². The van der Waals surface area contributed by atoms with Crippen LogP contribution in [0.3, 0.4) is 0 Å². The lowest BCUT2D eigenvalue weighted by molar-refractivity contribution is 0.300. The number of aromatic nitrogens is 2. The highest BCUT2D eigenvalue weighted by Crippen LogP contribution is 2.29. The van der Waals surface area contributed by atoms with Gasteiger partial charge in [-0.25, -0.2) is 13.4 Å². The molecule has 160 valence electrons. The summed E-state index contributed by atoms with van der Waals surface area (Å²) >= 11 is 0. The number of hydrogen-bond donors (Lipinski definition) is 1. The van der Waals surface area contributed by atoms with E-state index in [4.69, 9.17) is 9.26 Å². The van der Waals surface area contributed by atoms with Crippen molar-refractivity contribution in [3.8, 4) is 5.75 Å². The van der Waals surface area contributed by atoms with Gasteiger partial charge in [-0.3, -0.25) is 9.52 Å². The second-order valence-corrected chi connectivity index (χ2v) is 8.97. The molecule has 0 aliphatic heterocycles. The zero-order valence-electron chi connectivity index (χ0n) is 17.2. The number of ether oxygens (including phenoxy) is 1. The molecule has 0 saturated heterocycles. The Morgan fingerprint density at radius 3 is 2.45 bits per heavy atom. The minimum atomic E-state index is -3.80. The molecule has 0 radical (unpaired) electrons. The minimum Gasteiger partial charge on any atom is -0.485 e. The molecule has 4 rings (SSSR count). The maximum absolute atomic E-state index is 12.8. The van der Waals surface area contributed by atoms with Gasteiger partial charge in [0.05, 0.1) is 16.3 Å². The summed E-state index contributed by atoms with van der Waals surface area (Å²) in [6.45, 7) is 5.45. The van der Waals surface area contributed by atoms with Crippen molar-refractivity contribution in [1.29, 1.82) is 0 Å². The molecule has 0 unspecified atom stereocenters. The predicted octanol–water partition coefficient (Wildman–Crippen LogP) is 3.59. The summed E-state index contributed by atoms with van der Waals surface area (Å²) in [5.74, 6) is 0.890. The number of sulfonamides is 1. The molecule has 0 aliphatic carbocycles. The van der Waals surface area contributed by atoms with Gasteiger partial charge in [-0.1, -0.05) is 23.8 Å². The Kier molecular flexibility index (Phi) is 5.28. The lowest BCUT2D eigenvalue weighted by Crippen LogP contribution is -2.15. The average molecular weight is 439 g/mol. The zero-order valence-corrected chi connectivity index (χ0v) is 18.1. The number of aryl methyl sites for hydroxylation is 3. The second-order valence-electron chi connectivity index (χ2n) is 7.29. The number of benzene rings is 2. The Bertz CT molecular complexity index is 1420. The maximum Gasteiger partial charge on any atom is 0.287 e. The Hall–Kier alpha value is -3.59. The van der Waals surface area contributed by atoms with E-state index < -0.39 is 10.0 Å². The molecule has 0 atom stereocenters. The third kappa shape index (κ3) is 4.46. The predicted molar refractivity (Wildman–Crippen MR) is 116 cm³/mol. The van der Waals surface area contributed by atoms with Crippen molar-refractivity contribution in [3.05, 3.63) is 87.5 Å². The van der Waals surface area contributed by atoms with Gasteiger partial charge in [0.25, 0.3) is 15.6 Å². The Labute approximate surface area is 179 Å². The first-order chi connectivity index (χ1) is 14.7. The molecule has 8 nitrogen and oxygen atoms in total. The van der Waals surface area contributed by atoms with Crippen molar-refractivity contribution in [2.75, 3.05) is 4.72 Å². The maximum atomic E-state index is 12.8. The number of fused-ring (bicyclic) bond motifs is 1. The molecule has 2 heterocycles. The molecule has 0 spiro atoms. The molecule has 0 aliphatic rings. The molecule has 4 aromatic rings. The second kappa shape index (κ2) is 7.92. The van der Waals surface area contributed by atoms with Crippen LogP contribution in [-0.2, 0) is 16.6 Å². The van der Waals surface area contributed by atoms with E-state index >= 15 is 0 Å². The third-order valence-corrected chi connectivity index (χ3v) is 5.99. The van der Waals surface area contributed by atoms with E-state index in [1.165, 1.54) is 6.07 Å². The molecule has 2 aromatic heterocycles. The number of nitrogens with one attached hydrogen (secondary N) is 1. The lowest BCUT2D eigenvalue weighted by Gasteiger charge is -2.14. The van der Waals surface area contributed by atoms with E-state index in [1.54, 1.807) is 49.4 Å². The van der Waals surface area contributed by atoms with E-state index in [1.807, 2.05) is 19.9 Å². The standard InChI is InChI=1S/C22H21N3O5S/c1-14-4-7-18(8-5-14)31(27,28)24-19-10-15(2)6-9-20(19)29-13-17-12-22(26)25-21(23-17)11-16(3)30-25/h4-12,24H,13H2,1-3H3. The number of rotatable bonds is 6. The molecule has 1 N–H and O–H groups in total. The van der Waals surface area contributed by atoms with Crippen molar-refractivity contribution in [3.63, 3.8) is 0 Å². The first-order valence-corrected chi connectivity index (χ1v) is 11.0. The molecule has 31 heavy (non-hydrogen) atoms. The smallest absolute Gasteiger partial charge is 0.287 e. The van der Waals surface area contributed by atoms with Crippen LogP contribution in [0, 0.1) is 20.8 Å². The quantitative estimate of drug-likeness (QED) is 0.492. The van der Waals surface area contributed by atoms with Gasteiger partial charge in [-0.05, 0) is 50.6 Å². The van der Waals surface area contributed by atoms with Gasteiger partial charge >= 0.3 is 0 Å². The lowest BCUT2D eigenvalue weighted by atomic mass is 10.2. The fraction of sp³-hybridized carbons (Fsp3) is 0.182. The fourth-order valence-electron chi connectivity index (χ4n) is 3.07. The Morgan fingerprint density at radius 1 is 1.00 bits per heavy atom. The molecule has 2 aromatic carbocycles. The van der Waals surface area contributed by atoms with E-state index in [-0.39, 0.29) is 17.1 Å². The van der Waals surface area contributed by atoms with E-state index in [0.29, 0.717) is 28.5 Å². The SMILES string of the molecule is Cc1ccc(S(=O)(=O)Nc2cc(C)ccc2OCc2cc(=O)n3oc(C)cc3n2)cc1. The number of anilines is 1. The fourth-order valence-corrected chi connectivity index (χ4v) is 4.13. The van der Waals surface area contributed by atoms with Gasteiger partial charge in [-0.2, -0.15) is 0 Å². The van der Waals surface area contributed by atoms with Crippen LogP contribution < -0.4 is 15.0 Å². The molecule has 0 bridgehead atoms. The van der Waals surface area contributed by atoms with Gasteiger partial charge < -0.3 is 9.26 Å². The molecule has 0 saturated carbocycles. The van der Waals surface area contributed by atoms with Gasteiger partial charge in [0.15, 0.2) is 5.65 Å². The van der Waals surface area contributed by atoms with Crippen molar-refractivity contribution in [2.24, 2.45) is 0 Å². The summed E-state index contributed by atoms with van der Waals surface area (Å²) in [6, 6.07) is 14.7. The van der Waals surface area contributed by atoms with Crippen LogP contribution >= 0.6 is 0 Å². The summed E-state index contributed by atoms with van der Waals surface area (Å²) in [4.78, 5) is 16.7.